The van der Waals surface area contributed by atoms with Crippen LogP contribution in [0, 0.1) is 0 Å². The van der Waals surface area contributed by atoms with Crippen LogP contribution in [0.1, 0.15) is 12.0 Å². The maximum Gasteiger partial charge on any atom is 0.335 e. The fourth-order valence-corrected chi connectivity index (χ4v) is 1.35. The first-order valence-electron chi connectivity index (χ1n) is 5.47. The van der Waals surface area contributed by atoms with Crippen LogP contribution in [0.4, 0.5) is 0 Å². The molecule has 0 saturated carbocycles. The van der Waals surface area contributed by atoms with Crippen molar-refractivity contribution in [1.29, 1.82) is 0 Å². The van der Waals surface area contributed by atoms with Crippen molar-refractivity contribution in [2.45, 2.75) is 19.1 Å². The summed E-state index contributed by atoms with van der Waals surface area (Å²) in [6, 6.07) is 9.35. The summed E-state index contributed by atoms with van der Waals surface area (Å²) in [5.41, 5.74) is 0.913. The Bertz CT molecular complexity index is 388. The Hall–Kier alpha value is -1.88. The molecular weight excluding hydrogens is 236 g/mol. The lowest BCUT2D eigenvalue weighted by Crippen LogP contribution is -2.28. The highest BCUT2D eigenvalue weighted by Crippen LogP contribution is 2.08. The number of carbonyl (C=O) groups is 2. The lowest BCUT2D eigenvalue weighted by Gasteiger charge is -2.14. The van der Waals surface area contributed by atoms with Gasteiger partial charge in [-0.3, -0.25) is 4.79 Å². The van der Waals surface area contributed by atoms with E-state index >= 15 is 0 Å². The van der Waals surface area contributed by atoms with Crippen LogP contribution in [0.2, 0.25) is 0 Å². The van der Waals surface area contributed by atoms with Crippen LogP contribution in [-0.2, 0) is 30.4 Å². The fourth-order valence-electron chi connectivity index (χ4n) is 1.35. The lowest BCUT2D eigenvalue weighted by atomic mass is 10.2. The molecule has 5 heteroatoms. The number of rotatable bonds is 6. The Morgan fingerprint density at radius 3 is 2.33 bits per heavy atom. The Morgan fingerprint density at radius 1 is 1.11 bits per heavy atom. The van der Waals surface area contributed by atoms with Crippen molar-refractivity contribution in [3.8, 4) is 0 Å². The summed E-state index contributed by atoms with van der Waals surface area (Å²) in [5, 5.41) is 0. The average Bonchev–Trinajstić information content (AvgIpc) is 2.43. The predicted molar refractivity (Wildman–Crippen MR) is 63.7 cm³/mol. The third-order valence-electron chi connectivity index (χ3n) is 2.34. The molecule has 0 saturated heterocycles. The monoisotopic (exact) mass is 252 g/mol. The second-order valence-corrected chi connectivity index (χ2v) is 3.59. The number of carbonyl (C=O) groups excluding carboxylic acids is 2. The zero-order chi connectivity index (χ0) is 13.4. The van der Waals surface area contributed by atoms with Crippen molar-refractivity contribution in [2.75, 3.05) is 14.2 Å². The Kier molecular flexibility index (Phi) is 5.87. The van der Waals surface area contributed by atoms with Gasteiger partial charge in [0, 0.05) is 0 Å². The second kappa shape index (κ2) is 7.45. The zero-order valence-electron chi connectivity index (χ0n) is 10.4. The number of esters is 2. The Morgan fingerprint density at radius 2 is 1.78 bits per heavy atom. The zero-order valence-corrected chi connectivity index (χ0v) is 10.4. The number of hydrogen-bond donors (Lipinski definition) is 0. The SMILES string of the molecule is COC(=O)C[C@@H](OCc1ccccc1)C(=O)OC. The fraction of sp³-hybridized carbons (Fsp3) is 0.385. The molecule has 1 rings (SSSR count). The van der Waals surface area contributed by atoms with Crippen molar-refractivity contribution in [2.24, 2.45) is 0 Å². The van der Waals surface area contributed by atoms with Gasteiger partial charge < -0.3 is 14.2 Å². The standard InChI is InChI=1S/C13H16O5/c1-16-12(14)8-11(13(15)17-2)18-9-10-6-4-3-5-7-10/h3-7,11H,8-9H2,1-2H3/t11-/m1/s1. The average molecular weight is 252 g/mol. The van der Waals surface area contributed by atoms with Crippen molar-refractivity contribution < 1.29 is 23.8 Å². The molecule has 0 amide bonds. The minimum Gasteiger partial charge on any atom is -0.469 e. The van der Waals surface area contributed by atoms with E-state index in [0.29, 0.717) is 0 Å². The first-order chi connectivity index (χ1) is 8.67. The summed E-state index contributed by atoms with van der Waals surface area (Å²) >= 11 is 0. The van der Waals surface area contributed by atoms with Crippen LogP contribution in [0.25, 0.3) is 0 Å². The quantitative estimate of drug-likeness (QED) is 0.714. The summed E-state index contributed by atoms with van der Waals surface area (Å²) in [6.45, 7) is 0.234. The van der Waals surface area contributed by atoms with Gasteiger partial charge in [-0.25, -0.2) is 4.79 Å². The van der Waals surface area contributed by atoms with Gasteiger partial charge in [-0.15, -0.1) is 0 Å². The van der Waals surface area contributed by atoms with E-state index in [4.69, 9.17) is 4.74 Å². The Balaban J connectivity index is 2.56. The van der Waals surface area contributed by atoms with E-state index in [-0.39, 0.29) is 13.0 Å². The van der Waals surface area contributed by atoms with Gasteiger partial charge in [-0.2, -0.15) is 0 Å². The van der Waals surface area contributed by atoms with E-state index in [2.05, 4.69) is 9.47 Å². The first kappa shape index (κ1) is 14.2. The summed E-state index contributed by atoms with van der Waals surface area (Å²) in [6.07, 6.45) is -1.10. The summed E-state index contributed by atoms with van der Waals surface area (Å²) in [4.78, 5) is 22.6. The number of ether oxygens (including phenoxy) is 3. The van der Waals surface area contributed by atoms with Gasteiger partial charge in [0.25, 0.3) is 0 Å². The molecular formula is C13H16O5. The normalized spacial score (nSPS) is 11.7. The number of benzene rings is 1. The summed E-state index contributed by atoms with van der Waals surface area (Å²) < 4.78 is 14.5. The van der Waals surface area contributed by atoms with E-state index in [0.717, 1.165) is 5.56 Å². The molecule has 1 aromatic carbocycles. The predicted octanol–water partition coefficient (Wildman–Crippen LogP) is 1.31. The molecule has 0 radical (unpaired) electrons. The van der Waals surface area contributed by atoms with Gasteiger partial charge in [-0.1, -0.05) is 30.3 Å². The molecule has 1 aromatic rings. The summed E-state index contributed by atoms with van der Waals surface area (Å²) in [5.74, 6) is -1.10. The highest BCUT2D eigenvalue weighted by atomic mass is 16.6. The molecule has 18 heavy (non-hydrogen) atoms. The van der Waals surface area contributed by atoms with Gasteiger partial charge in [0.2, 0.25) is 0 Å². The largest absolute Gasteiger partial charge is 0.469 e. The van der Waals surface area contributed by atoms with Crippen LogP contribution in [0.15, 0.2) is 30.3 Å². The highest BCUT2D eigenvalue weighted by Gasteiger charge is 2.23. The van der Waals surface area contributed by atoms with E-state index in [9.17, 15) is 9.59 Å². The molecule has 0 aromatic heterocycles. The molecule has 0 aliphatic carbocycles. The number of hydrogen-bond acceptors (Lipinski definition) is 5. The molecule has 0 N–H and O–H groups in total. The van der Waals surface area contributed by atoms with E-state index in [1.54, 1.807) is 0 Å². The molecule has 98 valence electrons. The van der Waals surface area contributed by atoms with Gasteiger partial charge >= 0.3 is 11.9 Å². The summed E-state index contributed by atoms with van der Waals surface area (Å²) in [7, 11) is 2.51. The first-order valence-corrected chi connectivity index (χ1v) is 5.47. The van der Waals surface area contributed by atoms with E-state index in [1.165, 1.54) is 14.2 Å². The van der Waals surface area contributed by atoms with Crippen molar-refractivity contribution in [3.63, 3.8) is 0 Å². The van der Waals surface area contributed by atoms with Gasteiger partial charge in [0.05, 0.1) is 27.2 Å². The van der Waals surface area contributed by atoms with Crippen molar-refractivity contribution in [3.05, 3.63) is 35.9 Å². The molecule has 0 bridgehead atoms. The maximum absolute atomic E-state index is 11.4. The second-order valence-electron chi connectivity index (χ2n) is 3.59. The molecule has 0 aliphatic heterocycles. The van der Waals surface area contributed by atoms with Gasteiger partial charge in [-0.05, 0) is 5.56 Å². The topological polar surface area (TPSA) is 61.8 Å². The maximum atomic E-state index is 11.4. The van der Waals surface area contributed by atoms with Crippen molar-refractivity contribution in [1.82, 2.24) is 0 Å². The van der Waals surface area contributed by atoms with E-state index < -0.39 is 18.0 Å². The van der Waals surface area contributed by atoms with Crippen molar-refractivity contribution >= 4 is 11.9 Å². The number of methoxy groups -OCH3 is 2. The van der Waals surface area contributed by atoms with Crippen LogP contribution < -0.4 is 0 Å². The van der Waals surface area contributed by atoms with Crippen LogP contribution in [0.3, 0.4) is 0 Å². The molecule has 0 unspecified atom stereocenters. The smallest absolute Gasteiger partial charge is 0.335 e. The van der Waals surface area contributed by atoms with Gasteiger partial charge in [0.15, 0.2) is 6.10 Å². The molecule has 0 spiro atoms. The lowest BCUT2D eigenvalue weighted by molar-refractivity contribution is -0.161. The minimum absolute atomic E-state index is 0.157. The van der Waals surface area contributed by atoms with Gasteiger partial charge in [0.1, 0.15) is 0 Å². The molecule has 0 heterocycles. The molecule has 1 atom stereocenters. The van der Waals surface area contributed by atoms with Crippen LogP contribution >= 0.6 is 0 Å². The minimum atomic E-state index is -0.942. The Labute approximate surface area is 106 Å². The van der Waals surface area contributed by atoms with Crippen LogP contribution in [0.5, 0.6) is 0 Å². The van der Waals surface area contributed by atoms with Crippen LogP contribution in [-0.4, -0.2) is 32.3 Å². The molecule has 5 nitrogen and oxygen atoms in total. The molecule has 0 aliphatic rings. The molecule has 0 fully saturated rings. The third kappa shape index (κ3) is 4.55. The highest BCUT2D eigenvalue weighted by molar-refractivity contribution is 5.81. The van der Waals surface area contributed by atoms with E-state index in [1.807, 2.05) is 30.3 Å². The third-order valence-corrected chi connectivity index (χ3v) is 2.34.